The number of amides is 3. The number of ether oxygens (including phenoxy) is 5. The summed E-state index contributed by atoms with van der Waals surface area (Å²) in [5.74, 6) is -2.24. The summed E-state index contributed by atoms with van der Waals surface area (Å²) in [7, 11) is 2.00. The molecule has 1 aromatic rings. The fraction of sp³-hybridized carbons (Fsp3) is 0.825. The quantitative estimate of drug-likeness (QED) is 0.0214. The van der Waals surface area contributed by atoms with Crippen LogP contribution in [0.4, 0.5) is 4.79 Å². The lowest BCUT2D eigenvalue weighted by molar-refractivity contribution is -0.148. The largest absolute Gasteiger partial charge is 0.461 e. The fourth-order valence-corrected chi connectivity index (χ4v) is 7.52. The van der Waals surface area contributed by atoms with Crippen LogP contribution in [-0.4, -0.2) is 130 Å². The summed E-state index contributed by atoms with van der Waals surface area (Å²) in [5.41, 5.74) is 8.40. The molecule has 2 N–H and O–H groups in total. The number of rotatable bonds is 30. The molecule has 1 saturated heterocycles. The first-order chi connectivity index (χ1) is 28.0. The van der Waals surface area contributed by atoms with E-state index in [2.05, 4.69) is 37.5 Å². The Kier molecular flexibility index (Phi) is 25.9. The Morgan fingerprint density at radius 1 is 1.02 bits per heavy atom. The van der Waals surface area contributed by atoms with E-state index in [4.69, 9.17) is 29.2 Å². The predicted octanol–water partition coefficient (Wildman–Crippen LogP) is 6.49. The van der Waals surface area contributed by atoms with Gasteiger partial charge in [0.15, 0.2) is 11.8 Å². The molecule has 1 aromatic heterocycles. The molecule has 0 spiro atoms. The molecule has 17 nitrogen and oxygen atoms in total. The van der Waals surface area contributed by atoms with Crippen molar-refractivity contribution in [1.82, 2.24) is 25.4 Å². The monoisotopic (exact) mass is 838 g/mol. The zero-order valence-electron chi connectivity index (χ0n) is 35.9. The van der Waals surface area contributed by atoms with Gasteiger partial charge >= 0.3 is 12.1 Å². The number of nitrogens with zero attached hydrogens (tertiary/aromatic N) is 6. The number of thiazole rings is 1. The van der Waals surface area contributed by atoms with Crippen molar-refractivity contribution >= 4 is 35.2 Å². The number of aromatic nitrogens is 1. The van der Waals surface area contributed by atoms with Crippen molar-refractivity contribution in [3.05, 3.63) is 26.5 Å². The van der Waals surface area contributed by atoms with Crippen LogP contribution >= 0.6 is 11.3 Å². The zero-order chi connectivity index (χ0) is 42.7. The summed E-state index contributed by atoms with van der Waals surface area (Å²) in [6.45, 7) is 15.7. The van der Waals surface area contributed by atoms with Gasteiger partial charge in [-0.15, -0.1) is 11.3 Å². The highest BCUT2D eigenvalue weighted by Crippen LogP contribution is 2.33. The Bertz CT molecular complexity index is 1400. The molecule has 1 aliphatic rings. The maximum absolute atomic E-state index is 14.9. The third-order valence-electron chi connectivity index (χ3n) is 10.2. The number of carbonyl (C=O) groups is 4. The smallest absolute Gasteiger partial charge is 0.407 e. The number of likely N-dealkylation sites (tertiary alicyclic amines) is 1. The molecule has 0 aliphatic carbocycles. The summed E-state index contributed by atoms with van der Waals surface area (Å²) in [6.07, 6.45) is 5.77. The van der Waals surface area contributed by atoms with Crippen molar-refractivity contribution in [3.63, 3.8) is 0 Å². The van der Waals surface area contributed by atoms with Gasteiger partial charge in [0.05, 0.1) is 52.4 Å². The van der Waals surface area contributed by atoms with Gasteiger partial charge in [0.2, 0.25) is 11.8 Å². The minimum atomic E-state index is -0.915. The van der Waals surface area contributed by atoms with Crippen LogP contribution < -0.4 is 10.6 Å². The second-order valence-corrected chi connectivity index (χ2v) is 15.8. The van der Waals surface area contributed by atoms with Gasteiger partial charge in [-0.3, -0.25) is 14.5 Å². The number of piperidine rings is 1. The van der Waals surface area contributed by atoms with E-state index in [1.807, 2.05) is 39.6 Å². The van der Waals surface area contributed by atoms with Gasteiger partial charge in [0, 0.05) is 42.4 Å². The van der Waals surface area contributed by atoms with Crippen molar-refractivity contribution in [2.24, 2.45) is 22.9 Å². The van der Waals surface area contributed by atoms with Crippen molar-refractivity contribution in [1.29, 1.82) is 0 Å². The number of unbranched alkanes of at least 4 members (excludes halogenated alkanes) is 3. The molecule has 1 fully saturated rings. The van der Waals surface area contributed by atoms with E-state index in [-0.39, 0.29) is 68.2 Å². The van der Waals surface area contributed by atoms with Gasteiger partial charge in [-0.05, 0) is 63.6 Å². The Hall–Kier alpha value is -3.54. The van der Waals surface area contributed by atoms with E-state index in [9.17, 15) is 19.2 Å². The molecular formula is C40H70N8O9S. The maximum atomic E-state index is 14.9. The summed E-state index contributed by atoms with van der Waals surface area (Å²) in [6, 6.07) is -0.432. The Labute approximate surface area is 349 Å². The maximum Gasteiger partial charge on any atom is 0.407 e. The molecule has 0 aromatic carbocycles. The lowest BCUT2D eigenvalue weighted by Crippen LogP contribution is -2.56. The van der Waals surface area contributed by atoms with Crippen LogP contribution in [-0.2, 0) is 33.3 Å². The minimum absolute atomic E-state index is 0.0844. The second-order valence-electron chi connectivity index (χ2n) is 14.9. The summed E-state index contributed by atoms with van der Waals surface area (Å²) in [4.78, 5) is 66.1. The lowest BCUT2D eigenvalue weighted by atomic mass is 9.87. The topological polar surface area (TPSA) is 207 Å². The van der Waals surface area contributed by atoms with Crippen LogP contribution in [0.2, 0.25) is 0 Å². The fourth-order valence-electron chi connectivity index (χ4n) is 6.69. The molecule has 2 rings (SSSR count). The highest BCUT2D eigenvalue weighted by Gasteiger charge is 2.40. The van der Waals surface area contributed by atoms with Gasteiger partial charge in [-0.25, -0.2) is 14.6 Å². The summed E-state index contributed by atoms with van der Waals surface area (Å²) < 4.78 is 27.6. The molecule has 330 valence electrons. The van der Waals surface area contributed by atoms with Gasteiger partial charge in [-0.1, -0.05) is 65.4 Å². The van der Waals surface area contributed by atoms with Crippen LogP contribution in [0.3, 0.4) is 0 Å². The molecule has 58 heavy (non-hydrogen) atoms. The van der Waals surface area contributed by atoms with Crippen LogP contribution in [0, 0.1) is 17.8 Å². The third-order valence-corrected chi connectivity index (χ3v) is 11.1. The second kappa shape index (κ2) is 29.6. The minimum Gasteiger partial charge on any atom is -0.461 e. The van der Waals surface area contributed by atoms with Crippen molar-refractivity contribution in [2.45, 2.75) is 118 Å². The highest BCUT2D eigenvalue weighted by molar-refractivity contribution is 7.09. The average Bonchev–Trinajstić information content (AvgIpc) is 3.70. The molecular weight excluding hydrogens is 769 g/mol. The van der Waals surface area contributed by atoms with Crippen LogP contribution in [0.5, 0.6) is 0 Å². The van der Waals surface area contributed by atoms with E-state index < -0.39 is 30.1 Å². The predicted molar refractivity (Wildman–Crippen MR) is 222 cm³/mol. The number of hydrogen-bond donors (Lipinski definition) is 2. The molecule has 3 amide bonds. The number of alkyl carbamates (subject to hydrolysis) is 1. The summed E-state index contributed by atoms with van der Waals surface area (Å²) in [5, 5.41) is 11.3. The molecule has 0 radical (unpaired) electrons. The van der Waals surface area contributed by atoms with Crippen molar-refractivity contribution < 1.29 is 42.9 Å². The van der Waals surface area contributed by atoms with Gasteiger partial charge in [-0.2, -0.15) is 0 Å². The Morgan fingerprint density at radius 3 is 2.36 bits per heavy atom. The van der Waals surface area contributed by atoms with Crippen LogP contribution in [0.25, 0.3) is 10.4 Å². The van der Waals surface area contributed by atoms with E-state index in [0.717, 1.165) is 51.5 Å². The van der Waals surface area contributed by atoms with Gasteiger partial charge in [0.1, 0.15) is 10.9 Å². The molecule has 0 bridgehead atoms. The van der Waals surface area contributed by atoms with E-state index in [0.29, 0.717) is 51.0 Å². The van der Waals surface area contributed by atoms with E-state index >= 15 is 0 Å². The van der Waals surface area contributed by atoms with Gasteiger partial charge < -0.3 is 39.2 Å². The number of azide groups is 1. The first-order valence-electron chi connectivity index (χ1n) is 21.1. The molecule has 2 heterocycles. The highest BCUT2D eigenvalue weighted by atomic mass is 32.1. The Morgan fingerprint density at radius 2 is 1.72 bits per heavy atom. The summed E-state index contributed by atoms with van der Waals surface area (Å²) >= 11 is 1.18. The van der Waals surface area contributed by atoms with Crippen molar-refractivity contribution in [2.75, 3.05) is 79.5 Å². The number of esters is 1. The Balaban J connectivity index is 2.25. The first-order valence-corrected chi connectivity index (χ1v) is 22.0. The molecule has 0 saturated carbocycles. The van der Waals surface area contributed by atoms with Crippen molar-refractivity contribution in [3.8, 4) is 0 Å². The SMILES string of the molecule is CCCCCCN(C(=O)[C@H](C(=O)N[C@H]1CCCCN1C)[C@@H](C)CC)[C@H](C[C@@H](OC(=O)NCCOCCOCCOCCN=[N+]=[N-])c1nc(C(=O)OCC)cs1)C(C)C. The molecule has 1 aliphatic heterocycles. The molecule has 5 atom stereocenters. The van der Waals surface area contributed by atoms with Crippen LogP contribution in [0.1, 0.15) is 121 Å². The van der Waals surface area contributed by atoms with E-state index in [1.54, 1.807) is 12.3 Å². The third kappa shape index (κ3) is 18.6. The first kappa shape index (κ1) is 50.6. The van der Waals surface area contributed by atoms with Crippen LogP contribution in [0.15, 0.2) is 10.5 Å². The number of carbonyl (C=O) groups excluding carboxylic acids is 4. The lowest BCUT2D eigenvalue weighted by Gasteiger charge is -2.40. The normalized spacial score (nSPS) is 16.4. The zero-order valence-corrected chi connectivity index (χ0v) is 36.8. The molecule has 18 heteroatoms. The average molecular weight is 839 g/mol. The van der Waals surface area contributed by atoms with Gasteiger partial charge in [0.25, 0.3) is 0 Å². The number of hydrogen-bond acceptors (Lipinski definition) is 13. The molecule has 0 unspecified atom stereocenters. The standard InChI is InChI=1S/C40H70N8O9S/c1-8-11-12-14-20-48(38(50)35(30(6)9-2)36(49)45-34-16-13-15-19-47(34)7)32(29(4)5)27-33(37-44-31(28-58-37)39(51)56-10-3)57-40(52)42-17-21-53-23-25-55-26-24-54-22-18-43-46-41/h28-30,32-35H,8-27H2,1-7H3,(H,42,52)(H,45,49)/t30-,32+,33+,34+,35-/m0/s1. The van der Waals surface area contributed by atoms with E-state index in [1.165, 1.54) is 11.3 Å². The number of nitrogens with one attached hydrogen (secondary N) is 2.